The van der Waals surface area contributed by atoms with Crippen LogP contribution in [0.1, 0.15) is 44.3 Å². The maximum absolute atomic E-state index is 12.9. The van der Waals surface area contributed by atoms with E-state index in [4.69, 9.17) is 9.47 Å². The minimum Gasteiger partial charge on any atom is -0.496 e. The van der Waals surface area contributed by atoms with Gasteiger partial charge in [0.1, 0.15) is 16.2 Å². The summed E-state index contributed by atoms with van der Waals surface area (Å²) in [5.74, 6) is 0.995. The Labute approximate surface area is 157 Å². The van der Waals surface area contributed by atoms with Gasteiger partial charge in [0.05, 0.1) is 24.4 Å². The van der Waals surface area contributed by atoms with Crippen molar-refractivity contribution in [1.82, 2.24) is 9.88 Å². The third kappa shape index (κ3) is 2.81. The summed E-state index contributed by atoms with van der Waals surface area (Å²) in [5.41, 5.74) is 2.99. The molecule has 1 spiro atoms. The first-order valence-corrected chi connectivity index (χ1v) is 9.89. The monoisotopic (exact) mass is 372 g/mol. The topological polar surface area (TPSA) is 51.7 Å². The van der Waals surface area contributed by atoms with Gasteiger partial charge in [-0.05, 0) is 44.7 Å². The average Bonchev–Trinajstić information content (AvgIpc) is 3.00. The SMILES string of the molecule is COc1cccc2c1C1(CCN(C(=O)c3sc(C)nc3C)CC1)OCC2. The summed E-state index contributed by atoms with van der Waals surface area (Å²) >= 11 is 1.48. The lowest BCUT2D eigenvalue weighted by Gasteiger charge is -2.45. The molecule has 1 aromatic carbocycles. The van der Waals surface area contributed by atoms with Crippen LogP contribution in [0.15, 0.2) is 18.2 Å². The predicted molar refractivity (Wildman–Crippen MR) is 101 cm³/mol. The molecule has 0 bridgehead atoms. The number of likely N-dealkylation sites (tertiary alicyclic amines) is 1. The number of hydrogen-bond donors (Lipinski definition) is 0. The number of benzene rings is 1. The molecule has 0 N–H and O–H groups in total. The molecule has 1 saturated heterocycles. The van der Waals surface area contributed by atoms with Gasteiger partial charge in [-0.3, -0.25) is 4.79 Å². The summed E-state index contributed by atoms with van der Waals surface area (Å²) in [7, 11) is 1.71. The lowest BCUT2D eigenvalue weighted by molar-refractivity contribution is -0.0946. The van der Waals surface area contributed by atoms with Gasteiger partial charge in [0.25, 0.3) is 5.91 Å². The zero-order chi connectivity index (χ0) is 18.3. The van der Waals surface area contributed by atoms with Crippen LogP contribution in [0.3, 0.4) is 0 Å². The fourth-order valence-corrected chi connectivity index (χ4v) is 5.13. The Bertz CT molecular complexity index is 823. The summed E-state index contributed by atoms with van der Waals surface area (Å²) in [5, 5.41) is 0.939. The molecular formula is C20H24N2O3S. The summed E-state index contributed by atoms with van der Waals surface area (Å²) in [6.45, 7) is 5.95. The molecule has 26 heavy (non-hydrogen) atoms. The zero-order valence-electron chi connectivity index (χ0n) is 15.5. The van der Waals surface area contributed by atoms with Crippen molar-refractivity contribution in [3.8, 4) is 5.75 Å². The van der Waals surface area contributed by atoms with Crippen molar-refractivity contribution in [2.45, 2.75) is 38.7 Å². The highest BCUT2D eigenvalue weighted by molar-refractivity contribution is 7.13. The molecule has 1 aromatic heterocycles. The van der Waals surface area contributed by atoms with E-state index in [1.165, 1.54) is 22.5 Å². The number of fused-ring (bicyclic) bond motifs is 2. The van der Waals surface area contributed by atoms with E-state index in [9.17, 15) is 4.79 Å². The number of aryl methyl sites for hydroxylation is 2. The van der Waals surface area contributed by atoms with Crippen LogP contribution in [0.25, 0.3) is 0 Å². The van der Waals surface area contributed by atoms with Crippen LogP contribution in [0, 0.1) is 13.8 Å². The number of methoxy groups -OCH3 is 1. The van der Waals surface area contributed by atoms with Crippen LogP contribution in [0.2, 0.25) is 0 Å². The highest BCUT2D eigenvalue weighted by Crippen LogP contribution is 2.46. The predicted octanol–water partition coefficient (Wildman–Crippen LogP) is 3.47. The highest BCUT2D eigenvalue weighted by Gasteiger charge is 2.44. The second-order valence-electron chi connectivity index (χ2n) is 7.03. The summed E-state index contributed by atoms with van der Waals surface area (Å²) in [6, 6.07) is 6.23. The maximum atomic E-state index is 12.9. The normalized spacial score (nSPS) is 18.7. The molecule has 1 amide bonds. The first-order valence-electron chi connectivity index (χ1n) is 9.08. The average molecular weight is 372 g/mol. The maximum Gasteiger partial charge on any atom is 0.265 e. The van der Waals surface area contributed by atoms with Crippen molar-refractivity contribution in [3.05, 3.63) is 44.9 Å². The first kappa shape index (κ1) is 17.5. The molecule has 4 rings (SSSR count). The minimum atomic E-state index is -0.338. The van der Waals surface area contributed by atoms with E-state index in [0.29, 0.717) is 13.1 Å². The van der Waals surface area contributed by atoms with Crippen molar-refractivity contribution in [1.29, 1.82) is 0 Å². The number of rotatable bonds is 2. The van der Waals surface area contributed by atoms with Crippen LogP contribution in [-0.2, 0) is 16.8 Å². The molecule has 5 nitrogen and oxygen atoms in total. The number of ether oxygens (including phenoxy) is 2. The van der Waals surface area contributed by atoms with E-state index in [-0.39, 0.29) is 11.5 Å². The Morgan fingerprint density at radius 3 is 2.73 bits per heavy atom. The van der Waals surface area contributed by atoms with Gasteiger partial charge >= 0.3 is 0 Å². The summed E-state index contributed by atoms with van der Waals surface area (Å²) in [6.07, 6.45) is 2.50. The first-order chi connectivity index (χ1) is 12.5. The third-order valence-electron chi connectivity index (χ3n) is 5.49. The van der Waals surface area contributed by atoms with Crippen LogP contribution in [-0.4, -0.2) is 42.6 Å². The van der Waals surface area contributed by atoms with E-state index in [2.05, 4.69) is 11.1 Å². The van der Waals surface area contributed by atoms with Crippen LogP contribution in [0.5, 0.6) is 5.75 Å². The number of amides is 1. The molecule has 2 aliphatic heterocycles. The molecule has 1 fully saturated rings. The van der Waals surface area contributed by atoms with Crippen LogP contribution in [0.4, 0.5) is 0 Å². The summed E-state index contributed by atoms with van der Waals surface area (Å²) in [4.78, 5) is 20.0. The van der Waals surface area contributed by atoms with E-state index in [1.54, 1.807) is 7.11 Å². The number of piperidine rings is 1. The van der Waals surface area contributed by atoms with E-state index >= 15 is 0 Å². The lowest BCUT2D eigenvalue weighted by Crippen LogP contribution is -2.48. The Kier molecular flexibility index (Phi) is 4.49. The second kappa shape index (κ2) is 6.67. The van der Waals surface area contributed by atoms with Crippen LogP contribution >= 0.6 is 11.3 Å². The van der Waals surface area contributed by atoms with Crippen molar-refractivity contribution in [2.75, 3.05) is 26.8 Å². The van der Waals surface area contributed by atoms with E-state index in [0.717, 1.165) is 47.2 Å². The van der Waals surface area contributed by atoms with E-state index < -0.39 is 0 Å². The van der Waals surface area contributed by atoms with Crippen LogP contribution < -0.4 is 4.74 Å². The van der Waals surface area contributed by atoms with Crippen molar-refractivity contribution >= 4 is 17.2 Å². The molecule has 0 aliphatic carbocycles. The largest absolute Gasteiger partial charge is 0.496 e. The quantitative estimate of drug-likeness (QED) is 0.810. The number of hydrogen-bond acceptors (Lipinski definition) is 5. The highest BCUT2D eigenvalue weighted by atomic mass is 32.1. The fraction of sp³-hybridized carbons (Fsp3) is 0.500. The molecule has 0 radical (unpaired) electrons. The van der Waals surface area contributed by atoms with Gasteiger partial charge in [0.2, 0.25) is 0 Å². The Balaban J connectivity index is 1.58. The number of nitrogens with zero attached hydrogens (tertiary/aromatic N) is 2. The van der Waals surface area contributed by atoms with Gasteiger partial charge in [-0.15, -0.1) is 11.3 Å². The molecule has 2 aromatic rings. The number of carbonyl (C=O) groups excluding carboxylic acids is 1. The lowest BCUT2D eigenvalue weighted by atomic mass is 9.78. The Morgan fingerprint density at radius 1 is 1.31 bits per heavy atom. The molecule has 0 saturated carbocycles. The van der Waals surface area contributed by atoms with E-state index in [1.807, 2.05) is 30.9 Å². The van der Waals surface area contributed by atoms with Gasteiger partial charge in [0.15, 0.2) is 0 Å². The molecule has 3 heterocycles. The smallest absolute Gasteiger partial charge is 0.265 e. The standard InChI is InChI=1S/C20H24N2O3S/c1-13-18(26-14(2)21-13)19(23)22-10-8-20(9-11-22)17-15(7-12-25-20)5-4-6-16(17)24-3/h4-6H,7-12H2,1-3H3. The van der Waals surface area contributed by atoms with Gasteiger partial charge in [-0.2, -0.15) is 0 Å². The third-order valence-corrected chi connectivity index (χ3v) is 6.55. The number of thiazole rings is 1. The van der Waals surface area contributed by atoms with Gasteiger partial charge in [-0.25, -0.2) is 4.98 Å². The van der Waals surface area contributed by atoms with Gasteiger partial charge < -0.3 is 14.4 Å². The number of carbonyl (C=O) groups is 1. The zero-order valence-corrected chi connectivity index (χ0v) is 16.3. The molecular weight excluding hydrogens is 348 g/mol. The number of aromatic nitrogens is 1. The Hall–Kier alpha value is -1.92. The Morgan fingerprint density at radius 2 is 2.08 bits per heavy atom. The minimum absolute atomic E-state index is 0.0963. The molecule has 0 unspecified atom stereocenters. The fourth-order valence-electron chi connectivity index (χ4n) is 4.24. The molecule has 0 atom stereocenters. The second-order valence-corrected chi connectivity index (χ2v) is 8.23. The molecule has 138 valence electrons. The van der Waals surface area contributed by atoms with Gasteiger partial charge in [0, 0.05) is 18.7 Å². The van der Waals surface area contributed by atoms with Crippen molar-refractivity contribution < 1.29 is 14.3 Å². The molecule has 2 aliphatic rings. The van der Waals surface area contributed by atoms with Gasteiger partial charge in [-0.1, -0.05) is 12.1 Å². The van der Waals surface area contributed by atoms with Crippen molar-refractivity contribution in [2.24, 2.45) is 0 Å². The molecule has 6 heteroatoms. The summed E-state index contributed by atoms with van der Waals surface area (Å²) < 4.78 is 11.9. The van der Waals surface area contributed by atoms with Crippen molar-refractivity contribution in [3.63, 3.8) is 0 Å².